The second-order valence-electron chi connectivity index (χ2n) is 5.60. The van der Waals surface area contributed by atoms with Crippen LogP contribution in [0.3, 0.4) is 0 Å². The molecular formula is C16H23FIN5O2S. The first-order valence-corrected chi connectivity index (χ1v) is 9.35. The molecule has 0 spiro atoms. The smallest absolute Gasteiger partial charge is 0.193 e. The van der Waals surface area contributed by atoms with E-state index >= 15 is 0 Å². The molecule has 7 nitrogen and oxygen atoms in total. The van der Waals surface area contributed by atoms with Crippen LogP contribution in [-0.2, 0) is 23.4 Å². The lowest BCUT2D eigenvalue weighted by Gasteiger charge is -2.21. The minimum atomic E-state index is -3.70. The van der Waals surface area contributed by atoms with Gasteiger partial charge in [-0.25, -0.2) is 12.8 Å². The minimum Gasteiger partial charge on any atom is -0.355 e. The second kappa shape index (κ2) is 9.86. The van der Waals surface area contributed by atoms with Crippen molar-refractivity contribution >= 4 is 39.8 Å². The molecule has 2 rings (SSSR count). The van der Waals surface area contributed by atoms with Crippen LogP contribution in [0.25, 0.3) is 0 Å². The van der Waals surface area contributed by atoms with Gasteiger partial charge in [-0.05, 0) is 12.1 Å². The molecule has 0 aliphatic carbocycles. The first kappa shape index (κ1) is 22.4. The maximum atomic E-state index is 13.7. The Morgan fingerprint density at radius 1 is 1.38 bits per heavy atom. The lowest BCUT2D eigenvalue weighted by atomic mass is 10.3. The maximum Gasteiger partial charge on any atom is 0.193 e. The van der Waals surface area contributed by atoms with Crippen molar-refractivity contribution in [1.29, 1.82) is 0 Å². The summed E-state index contributed by atoms with van der Waals surface area (Å²) >= 11 is 0. The zero-order chi connectivity index (χ0) is 18.4. The standard InChI is InChI=1S/C16H22FN5O2S.HI/c1-18-16(21(2)11-13-10-20-22(3)12-13)19-8-9-25(23,24)15-7-5-4-6-14(15)17;/h4-7,10,12H,8-9,11H2,1-3H3,(H,18,19);1H. The van der Waals surface area contributed by atoms with Crippen LogP contribution in [-0.4, -0.2) is 55.5 Å². The minimum absolute atomic E-state index is 0. The molecule has 0 saturated heterocycles. The molecule has 26 heavy (non-hydrogen) atoms. The highest BCUT2D eigenvalue weighted by Crippen LogP contribution is 2.14. The summed E-state index contributed by atoms with van der Waals surface area (Å²) in [6.45, 7) is 0.703. The molecular weight excluding hydrogens is 472 g/mol. The van der Waals surface area contributed by atoms with Gasteiger partial charge in [0.15, 0.2) is 15.8 Å². The predicted molar refractivity (Wildman–Crippen MR) is 110 cm³/mol. The van der Waals surface area contributed by atoms with Gasteiger partial charge in [0.2, 0.25) is 0 Å². The molecule has 144 valence electrons. The third-order valence-electron chi connectivity index (χ3n) is 3.58. The fourth-order valence-corrected chi connectivity index (χ4v) is 3.63. The quantitative estimate of drug-likeness (QED) is 0.375. The van der Waals surface area contributed by atoms with Crippen molar-refractivity contribution in [3.05, 3.63) is 48.0 Å². The van der Waals surface area contributed by atoms with Gasteiger partial charge in [-0.15, -0.1) is 24.0 Å². The SMILES string of the molecule is CN=C(NCCS(=O)(=O)c1ccccc1F)N(C)Cc1cnn(C)c1.I. The Hall–Kier alpha value is -1.69. The molecule has 0 unspecified atom stereocenters. The number of aromatic nitrogens is 2. The van der Waals surface area contributed by atoms with Crippen molar-refractivity contribution in [3.8, 4) is 0 Å². The predicted octanol–water partition coefficient (Wildman–Crippen LogP) is 1.66. The number of hydrogen-bond acceptors (Lipinski definition) is 4. The third-order valence-corrected chi connectivity index (χ3v) is 5.32. The number of benzene rings is 1. The molecule has 0 aliphatic rings. The molecule has 0 radical (unpaired) electrons. The van der Waals surface area contributed by atoms with Crippen LogP contribution in [0.15, 0.2) is 46.5 Å². The van der Waals surface area contributed by atoms with Gasteiger partial charge in [0, 0.05) is 46.0 Å². The zero-order valence-electron chi connectivity index (χ0n) is 14.9. The summed E-state index contributed by atoms with van der Waals surface area (Å²) in [6, 6.07) is 5.38. The van der Waals surface area contributed by atoms with E-state index in [4.69, 9.17) is 0 Å². The van der Waals surface area contributed by atoms with Crippen LogP contribution in [0, 0.1) is 5.82 Å². The summed E-state index contributed by atoms with van der Waals surface area (Å²) in [7, 11) is 1.60. The average Bonchev–Trinajstić information content (AvgIpc) is 2.96. The lowest BCUT2D eigenvalue weighted by molar-refractivity contribution is 0.478. The van der Waals surface area contributed by atoms with Gasteiger partial charge in [0.05, 0.1) is 11.9 Å². The van der Waals surface area contributed by atoms with Crippen LogP contribution in [0.1, 0.15) is 5.56 Å². The van der Waals surface area contributed by atoms with Crippen molar-refractivity contribution in [2.24, 2.45) is 12.0 Å². The Bertz CT molecular complexity index is 854. The van der Waals surface area contributed by atoms with Crippen molar-refractivity contribution < 1.29 is 12.8 Å². The molecule has 0 amide bonds. The van der Waals surface area contributed by atoms with Gasteiger partial charge in [0.1, 0.15) is 10.7 Å². The van der Waals surface area contributed by atoms with E-state index in [0.29, 0.717) is 12.5 Å². The number of nitrogens with one attached hydrogen (secondary N) is 1. The normalized spacial score (nSPS) is 11.8. The summed E-state index contributed by atoms with van der Waals surface area (Å²) in [6.07, 6.45) is 3.65. The molecule has 1 heterocycles. The van der Waals surface area contributed by atoms with Crippen LogP contribution in [0.2, 0.25) is 0 Å². The number of hydrogen-bond donors (Lipinski definition) is 1. The molecule has 2 aromatic rings. The topological polar surface area (TPSA) is 79.6 Å². The van der Waals surface area contributed by atoms with E-state index in [1.165, 1.54) is 18.2 Å². The van der Waals surface area contributed by atoms with Crippen LogP contribution in [0.4, 0.5) is 4.39 Å². The molecule has 0 fully saturated rings. The molecule has 0 bridgehead atoms. The Labute approximate surface area is 170 Å². The first-order valence-electron chi connectivity index (χ1n) is 7.70. The van der Waals surface area contributed by atoms with Gasteiger partial charge in [-0.3, -0.25) is 9.67 Å². The van der Waals surface area contributed by atoms with Crippen molar-refractivity contribution in [3.63, 3.8) is 0 Å². The van der Waals surface area contributed by atoms with E-state index in [1.54, 1.807) is 17.9 Å². The number of guanidine groups is 1. The van der Waals surface area contributed by atoms with Gasteiger partial charge >= 0.3 is 0 Å². The van der Waals surface area contributed by atoms with E-state index in [-0.39, 0.29) is 41.2 Å². The largest absolute Gasteiger partial charge is 0.355 e. The molecule has 1 N–H and O–H groups in total. The Kier molecular flexibility index (Phi) is 8.47. The average molecular weight is 495 g/mol. The van der Waals surface area contributed by atoms with E-state index in [9.17, 15) is 12.8 Å². The first-order chi connectivity index (χ1) is 11.8. The molecule has 1 aromatic carbocycles. The van der Waals surface area contributed by atoms with E-state index in [0.717, 1.165) is 11.6 Å². The molecule has 10 heteroatoms. The van der Waals surface area contributed by atoms with E-state index in [1.807, 2.05) is 25.2 Å². The van der Waals surface area contributed by atoms with Gasteiger partial charge in [-0.1, -0.05) is 12.1 Å². The molecule has 0 atom stereocenters. The monoisotopic (exact) mass is 495 g/mol. The van der Waals surface area contributed by atoms with Crippen LogP contribution >= 0.6 is 24.0 Å². The summed E-state index contributed by atoms with van der Waals surface area (Å²) in [5.41, 5.74) is 1.01. The van der Waals surface area contributed by atoms with E-state index < -0.39 is 15.7 Å². The van der Waals surface area contributed by atoms with Crippen LogP contribution < -0.4 is 5.32 Å². The van der Waals surface area contributed by atoms with Crippen molar-refractivity contribution in [2.45, 2.75) is 11.4 Å². The summed E-state index contributed by atoms with van der Waals surface area (Å²) in [5.74, 6) is -0.415. The zero-order valence-corrected chi connectivity index (χ0v) is 18.0. The Balaban J connectivity index is 0.00000338. The lowest BCUT2D eigenvalue weighted by Crippen LogP contribution is -2.40. The maximum absolute atomic E-state index is 13.7. The highest BCUT2D eigenvalue weighted by molar-refractivity contribution is 14.0. The van der Waals surface area contributed by atoms with Gasteiger partial charge in [-0.2, -0.15) is 5.10 Å². The fourth-order valence-electron chi connectivity index (χ4n) is 2.39. The summed E-state index contributed by atoms with van der Waals surface area (Å²) in [5, 5.41) is 7.09. The Morgan fingerprint density at radius 2 is 2.08 bits per heavy atom. The number of halogens is 2. The van der Waals surface area contributed by atoms with Crippen molar-refractivity contribution in [2.75, 3.05) is 26.4 Å². The number of nitrogens with zero attached hydrogens (tertiary/aromatic N) is 4. The molecule has 1 aromatic heterocycles. The molecule has 0 aliphatic heterocycles. The van der Waals surface area contributed by atoms with Crippen molar-refractivity contribution in [1.82, 2.24) is 20.0 Å². The van der Waals surface area contributed by atoms with Crippen LogP contribution in [0.5, 0.6) is 0 Å². The highest BCUT2D eigenvalue weighted by Gasteiger charge is 2.18. The third kappa shape index (κ3) is 5.94. The van der Waals surface area contributed by atoms with Gasteiger partial charge < -0.3 is 10.2 Å². The van der Waals surface area contributed by atoms with E-state index in [2.05, 4.69) is 15.4 Å². The summed E-state index contributed by atoms with van der Waals surface area (Å²) < 4.78 is 39.9. The number of rotatable bonds is 6. The summed E-state index contributed by atoms with van der Waals surface area (Å²) in [4.78, 5) is 5.71. The van der Waals surface area contributed by atoms with Gasteiger partial charge in [0.25, 0.3) is 0 Å². The number of sulfone groups is 1. The second-order valence-corrected chi connectivity index (χ2v) is 7.68. The number of aliphatic imine (C=N–C) groups is 1. The fraction of sp³-hybridized carbons (Fsp3) is 0.375. The Morgan fingerprint density at radius 3 is 2.65 bits per heavy atom. The highest BCUT2D eigenvalue weighted by atomic mass is 127. The number of aryl methyl sites for hydroxylation is 1. The molecule has 0 saturated carbocycles.